The highest BCUT2D eigenvalue weighted by Gasteiger charge is 2.09. The Balaban J connectivity index is 2.17. The molecule has 114 valence electrons. The third kappa shape index (κ3) is 3.95. The Morgan fingerprint density at radius 2 is 2.18 bits per heavy atom. The molecule has 1 heterocycles. The van der Waals surface area contributed by atoms with Crippen molar-refractivity contribution in [1.29, 1.82) is 0 Å². The molecule has 22 heavy (non-hydrogen) atoms. The van der Waals surface area contributed by atoms with E-state index in [9.17, 15) is 9.59 Å². The lowest BCUT2D eigenvalue weighted by Crippen LogP contribution is -2.24. The van der Waals surface area contributed by atoms with Crippen LogP contribution in [-0.4, -0.2) is 24.8 Å². The quantitative estimate of drug-likeness (QED) is 0.501. The van der Waals surface area contributed by atoms with Crippen LogP contribution in [0, 0.1) is 0 Å². The summed E-state index contributed by atoms with van der Waals surface area (Å²) in [4.78, 5) is 22.2. The minimum Gasteiger partial charge on any atom is -0.462 e. The predicted molar refractivity (Wildman–Crippen MR) is 80.4 cm³/mol. The molecule has 2 aromatic rings. The van der Waals surface area contributed by atoms with Crippen molar-refractivity contribution in [1.82, 2.24) is 5.43 Å². The maximum absolute atomic E-state index is 11.7. The summed E-state index contributed by atoms with van der Waals surface area (Å²) in [5, 5.41) is 3.60. The Hall–Kier alpha value is -3.09. The van der Waals surface area contributed by atoms with Gasteiger partial charge in [0.25, 0.3) is 0 Å². The number of carbonyl (C=O) groups is 2. The number of hydrazone groups is 1. The third-order valence-electron chi connectivity index (χ3n) is 2.65. The molecule has 0 radical (unpaired) electrons. The molecule has 0 aliphatic carbocycles. The summed E-state index contributed by atoms with van der Waals surface area (Å²) in [6.07, 6.45) is 1.32. The van der Waals surface area contributed by atoms with Crippen LogP contribution in [-0.2, 0) is 4.74 Å². The summed E-state index contributed by atoms with van der Waals surface area (Å²) < 4.78 is 10.5. The first-order valence-corrected chi connectivity index (χ1v) is 6.56. The van der Waals surface area contributed by atoms with Crippen LogP contribution in [0.1, 0.15) is 23.0 Å². The van der Waals surface area contributed by atoms with E-state index in [-0.39, 0.29) is 5.97 Å². The van der Waals surface area contributed by atoms with Crippen LogP contribution < -0.4 is 11.2 Å². The van der Waals surface area contributed by atoms with Crippen molar-refractivity contribution < 1.29 is 18.7 Å². The number of amides is 2. The van der Waals surface area contributed by atoms with E-state index in [4.69, 9.17) is 14.9 Å². The average molecular weight is 301 g/mol. The number of esters is 1. The normalized spacial score (nSPS) is 10.6. The number of hydrogen-bond acceptors (Lipinski definition) is 5. The first-order chi connectivity index (χ1) is 10.6. The van der Waals surface area contributed by atoms with Gasteiger partial charge in [0.05, 0.1) is 18.4 Å². The van der Waals surface area contributed by atoms with Gasteiger partial charge in [-0.15, -0.1) is 0 Å². The van der Waals surface area contributed by atoms with Crippen LogP contribution in [0.3, 0.4) is 0 Å². The zero-order chi connectivity index (χ0) is 15.9. The Morgan fingerprint density at radius 3 is 2.91 bits per heavy atom. The summed E-state index contributed by atoms with van der Waals surface area (Å²) in [6.45, 7) is 2.07. The monoisotopic (exact) mass is 301 g/mol. The summed E-state index contributed by atoms with van der Waals surface area (Å²) in [5.74, 6) is 0.611. The zero-order valence-corrected chi connectivity index (χ0v) is 11.9. The van der Waals surface area contributed by atoms with E-state index < -0.39 is 6.03 Å². The van der Waals surface area contributed by atoms with Gasteiger partial charge in [0.15, 0.2) is 0 Å². The predicted octanol–water partition coefficient (Wildman–Crippen LogP) is 2.13. The van der Waals surface area contributed by atoms with E-state index in [1.807, 2.05) is 6.07 Å². The van der Waals surface area contributed by atoms with E-state index in [2.05, 4.69) is 10.5 Å². The van der Waals surface area contributed by atoms with E-state index >= 15 is 0 Å². The SMILES string of the molecule is CCOC(=O)c1cccc(-c2ccc(/C=N\NC(N)=O)o2)c1. The molecule has 3 N–H and O–H groups in total. The lowest BCUT2D eigenvalue weighted by atomic mass is 10.1. The Morgan fingerprint density at radius 1 is 1.36 bits per heavy atom. The lowest BCUT2D eigenvalue weighted by Gasteiger charge is -2.03. The van der Waals surface area contributed by atoms with Gasteiger partial charge in [0, 0.05) is 5.56 Å². The molecular weight excluding hydrogens is 286 g/mol. The van der Waals surface area contributed by atoms with Gasteiger partial charge in [-0.1, -0.05) is 12.1 Å². The van der Waals surface area contributed by atoms with Crippen LogP contribution in [0.2, 0.25) is 0 Å². The second-order valence-electron chi connectivity index (χ2n) is 4.24. The molecule has 2 amide bonds. The molecule has 0 saturated carbocycles. The van der Waals surface area contributed by atoms with Gasteiger partial charge in [-0.2, -0.15) is 5.10 Å². The van der Waals surface area contributed by atoms with Gasteiger partial charge in [0.1, 0.15) is 11.5 Å². The molecule has 0 saturated heterocycles. The summed E-state index contributed by atoms with van der Waals surface area (Å²) in [7, 11) is 0. The fourth-order valence-corrected chi connectivity index (χ4v) is 1.75. The summed E-state index contributed by atoms with van der Waals surface area (Å²) in [6, 6.07) is 9.55. The van der Waals surface area contributed by atoms with Crippen LogP contribution in [0.15, 0.2) is 45.9 Å². The fraction of sp³-hybridized carbons (Fsp3) is 0.133. The molecule has 0 bridgehead atoms. The van der Waals surface area contributed by atoms with E-state index in [0.29, 0.717) is 23.7 Å². The molecule has 1 aromatic heterocycles. The average Bonchev–Trinajstić information content (AvgIpc) is 2.96. The molecule has 0 aliphatic heterocycles. The number of nitrogens with two attached hydrogens (primary N) is 1. The molecule has 1 aromatic carbocycles. The molecule has 0 fully saturated rings. The van der Waals surface area contributed by atoms with Crippen LogP contribution in [0.5, 0.6) is 0 Å². The highest BCUT2D eigenvalue weighted by atomic mass is 16.5. The fourth-order valence-electron chi connectivity index (χ4n) is 1.75. The second-order valence-corrected chi connectivity index (χ2v) is 4.24. The largest absolute Gasteiger partial charge is 0.462 e. The number of primary amides is 1. The number of furan rings is 1. The van der Waals surface area contributed by atoms with Gasteiger partial charge in [-0.3, -0.25) is 0 Å². The van der Waals surface area contributed by atoms with E-state index in [1.165, 1.54) is 6.21 Å². The van der Waals surface area contributed by atoms with Gasteiger partial charge in [0.2, 0.25) is 0 Å². The maximum atomic E-state index is 11.7. The van der Waals surface area contributed by atoms with Gasteiger partial charge in [-0.25, -0.2) is 15.0 Å². The molecule has 0 atom stereocenters. The second kappa shape index (κ2) is 7.07. The Bertz CT molecular complexity index is 706. The van der Waals surface area contributed by atoms with Crippen molar-refractivity contribution in [3.63, 3.8) is 0 Å². The number of ether oxygens (including phenoxy) is 1. The number of nitrogens with zero attached hydrogens (tertiary/aromatic N) is 1. The third-order valence-corrected chi connectivity index (χ3v) is 2.65. The number of nitrogens with one attached hydrogen (secondary N) is 1. The van der Waals surface area contributed by atoms with Crippen molar-refractivity contribution in [3.05, 3.63) is 47.7 Å². The molecule has 0 spiro atoms. The summed E-state index contributed by atoms with van der Waals surface area (Å²) in [5.41, 5.74) is 8.13. The van der Waals surface area contributed by atoms with Crippen molar-refractivity contribution in [2.45, 2.75) is 6.92 Å². The van der Waals surface area contributed by atoms with Gasteiger partial charge < -0.3 is 14.9 Å². The number of rotatable bonds is 5. The highest BCUT2D eigenvalue weighted by Crippen LogP contribution is 2.22. The molecule has 0 unspecified atom stereocenters. The molecule has 7 heteroatoms. The number of hydrogen-bond donors (Lipinski definition) is 2. The van der Waals surface area contributed by atoms with Crippen LogP contribution in [0.25, 0.3) is 11.3 Å². The number of benzene rings is 1. The minimum atomic E-state index is -0.759. The van der Waals surface area contributed by atoms with Crippen molar-refractivity contribution >= 4 is 18.2 Å². The molecule has 2 rings (SSSR count). The van der Waals surface area contributed by atoms with E-state index in [0.717, 1.165) is 5.56 Å². The topological polar surface area (TPSA) is 107 Å². The Kier molecular flexibility index (Phi) is 4.92. The summed E-state index contributed by atoms with van der Waals surface area (Å²) >= 11 is 0. The van der Waals surface area contributed by atoms with Crippen molar-refractivity contribution in [2.24, 2.45) is 10.8 Å². The molecular formula is C15H15N3O4. The van der Waals surface area contributed by atoms with Gasteiger partial charge in [-0.05, 0) is 31.2 Å². The highest BCUT2D eigenvalue weighted by molar-refractivity contribution is 5.91. The molecule has 7 nitrogen and oxygen atoms in total. The lowest BCUT2D eigenvalue weighted by molar-refractivity contribution is 0.0526. The first kappa shape index (κ1) is 15.3. The van der Waals surface area contributed by atoms with Crippen LogP contribution in [0.4, 0.5) is 4.79 Å². The number of carbonyl (C=O) groups excluding carboxylic acids is 2. The minimum absolute atomic E-state index is 0.317. The first-order valence-electron chi connectivity index (χ1n) is 6.56. The maximum Gasteiger partial charge on any atom is 0.338 e. The number of urea groups is 1. The smallest absolute Gasteiger partial charge is 0.338 e. The van der Waals surface area contributed by atoms with E-state index in [1.54, 1.807) is 37.3 Å². The standard InChI is InChI=1S/C15H15N3O4/c1-2-21-14(19)11-5-3-4-10(8-11)13-7-6-12(22-13)9-17-18-15(16)20/h3-9H,2H2,1H3,(H3,16,18,20)/b17-9-. The van der Waals surface area contributed by atoms with Crippen molar-refractivity contribution in [2.75, 3.05) is 6.61 Å². The molecule has 0 aliphatic rings. The van der Waals surface area contributed by atoms with Crippen molar-refractivity contribution in [3.8, 4) is 11.3 Å². The van der Waals surface area contributed by atoms with Gasteiger partial charge >= 0.3 is 12.0 Å². The Labute approximate surface area is 126 Å². The zero-order valence-electron chi connectivity index (χ0n) is 11.9. The van der Waals surface area contributed by atoms with Crippen LogP contribution >= 0.6 is 0 Å².